The summed E-state index contributed by atoms with van der Waals surface area (Å²) in [6.45, 7) is 7.45. The van der Waals surface area contributed by atoms with Crippen LogP contribution in [0.15, 0.2) is 23.1 Å². The van der Waals surface area contributed by atoms with Crippen LogP contribution in [0, 0.1) is 17.2 Å². The van der Waals surface area contributed by atoms with Crippen molar-refractivity contribution in [3.8, 4) is 11.3 Å². The number of hydrogen-bond acceptors (Lipinski definition) is 5. The van der Waals surface area contributed by atoms with Gasteiger partial charge in [-0.2, -0.15) is 18.3 Å². The van der Waals surface area contributed by atoms with E-state index in [1.165, 1.54) is 39.3 Å². The zero-order chi connectivity index (χ0) is 31.7. The highest BCUT2D eigenvalue weighted by atomic mass is 32.2. The largest absolute Gasteiger partial charge is 0.481 e. The van der Waals surface area contributed by atoms with Crippen molar-refractivity contribution in [2.24, 2.45) is 11.3 Å². The van der Waals surface area contributed by atoms with Gasteiger partial charge in [-0.15, -0.1) is 0 Å². The molecule has 2 aromatic rings. The third-order valence-corrected chi connectivity index (χ3v) is 8.98. The number of carbonyl (C=O) groups is 2. The second-order valence-corrected chi connectivity index (χ2v) is 14.1. The summed E-state index contributed by atoms with van der Waals surface area (Å²) in [6.07, 6.45) is -0.556. The van der Waals surface area contributed by atoms with E-state index in [0.29, 0.717) is 6.07 Å². The Morgan fingerprint density at radius 2 is 1.69 bits per heavy atom. The van der Waals surface area contributed by atoms with E-state index in [-0.39, 0.29) is 36.7 Å². The number of benzene rings is 1. The number of carboxylic acid groups (broad SMARTS) is 1. The fourth-order valence-corrected chi connectivity index (χ4v) is 6.51. The van der Waals surface area contributed by atoms with Crippen LogP contribution < -0.4 is 10.0 Å². The van der Waals surface area contributed by atoms with Crippen LogP contribution in [0.3, 0.4) is 0 Å². The average Bonchev–Trinajstić information content (AvgIpc) is 3.17. The molecule has 1 aliphatic carbocycles. The Hall–Kier alpha value is -3.00. The summed E-state index contributed by atoms with van der Waals surface area (Å²) in [5.41, 5.74) is -5.00. The third kappa shape index (κ3) is 8.09. The molecule has 0 unspecified atom stereocenters. The number of halogens is 4. The monoisotopic (exact) mass is 618 g/mol. The van der Waals surface area contributed by atoms with E-state index in [1.807, 2.05) is 0 Å². The molecule has 1 saturated carbocycles. The number of rotatable bonds is 10. The number of hydrogen-bond donors (Lipinski definition) is 3. The lowest BCUT2D eigenvalue weighted by molar-refractivity contribution is -0.147. The first-order valence-corrected chi connectivity index (χ1v) is 15.2. The third-order valence-electron chi connectivity index (χ3n) is 7.17. The second kappa shape index (κ2) is 12.3. The van der Waals surface area contributed by atoms with Crippen molar-refractivity contribution in [3.63, 3.8) is 0 Å². The predicted octanol–water partition coefficient (Wildman–Crippen LogP) is 5.60. The first kappa shape index (κ1) is 33.5. The van der Waals surface area contributed by atoms with Gasteiger partial charge in [0, 0.05) is 24.2 Å². The van der Waals surface area contributed by atoms with Crippen LogP contribution >= 0.6 is 0 Å². The van der Waals surface area contributed by atoms with Crippen LogP contribution in [0.5, 0.6) is 0 Å². The van der Waals surface area contributed by atoms with Crippen molar-refractivity contribution in [3.05, 3.63) is 35.3 Å². The summed E-state index contributed by atoms with van der Waals surface area (Å²) in [6, 6.07) is 2.41. The van der Waals surface area contributed by atoms with E-state index in [1.54, 1.807) is 0 Å². The molecule has 0 radical (unpaired) electrons. The standard InChI is InChI=1S/C28H38F4N4O5S/c1-26(2,3)35-42(40,41)20-12-11-18(15-19(20)28(30,31)32)23-21(29)22(24(37)33-14-13-27(4,5)25(38)39)34-36(23)16-17-9-7-6-8-10-17/h11-12,15,17,35H,6-10,13-14,16H2,1-5H3,(H,33,37)(H,38,39). The van der Waals surface area contributed by atoms with Gasteiger partial charge in [-0.05, 0) is 71.9 Å². The van der Waals surface area contributed by atoms with Crippen LogP contribution in [-0.2, 0) is 27.5 Å². The molecule has 42 heavy (non-hydrogen) atoms. The molecule has 3 N–H and O–H groups in total. The average molecular weight is 619 g/mol. The van der Waals surface area contributed by atoms with Gasteiger partial charge in [0.1, 0.15) is 5.69 Å². The molecule has 1 aromatic carbocycles. The van der Waals surface area contributed by atoms with E-state index in [9.17, 15) is 36.3 Å². The van der Waals surface area contributed by atoms with Crippen molar-refractivity contribution in [1.29, 1.82) is 0 Å². The van der Waals surface area contributed by atoms with Crippen molar-refractivity contribution < 1.29 is 40.7 Å². The van der Waals surface area contributed by atoms with Gasteiger partial charge in [0.15, 0.2) is 11.5 Å². The lowest BCUT2D eigenvalue weighted by Crippen LogP contribution is -2.41. The number of aromatic nitrogens is 2. The quantitative estimate of drug-likeness (QED) is 0.298. The van der Waals surface area contributed by atoms with Gasteiger partial charge in [0.2, 0.25) is 10.0 Å². The van der Waals surface area contributed by atoms with Crippen LogP contribution in [0.1, 0.15) is 89.2 Å². The highest BCUT2D eigenvalue weighted by Crippen LogP contribution is 2.39. The van der Waals surface area contributed by atoms with E-state index < -0.39 is 61.0 Å². The Kier molecular flexibility index (Phi) is 9.82. The Labute approximate surface area is 243 Å². The summed E-state index contributed by atoms with van der Waals surface area (Å²) in [7, 11) is -4.60. The van der Waals surface area contributed by atoms with Crippen LogP contribution in [-0.4, -0.2) is 47.3 Å². The molecule has 0 spiro atoms. The molecule has 1 fully saturated rings. The molecule has 0 saturated heterocycles. The molecular weight excluding hydrogens is 580 g/mol. The molecule has 14 heteroatoms. The number of aliphatic carboxylic acids is 1. The zero-order valence-corrected chi connectivity index (χ0v) is 25.2. The van der Waals surface area contributed by atoms with E-state index >= 15 is 4.39 Å². The number of amides is 1. The van der Waals surface area contributed by atoms with Gasteiger partial charge in [-0.1, -0.05) is 25.3 Å². The van der Waals surface area contributed by atoms with E-state index in [4.69, 9.17) is 0 Å². The molecule has 1 aliphatic rings. The highest BCUT2D eigenvalue weighted by molar-refractivity contribution is 7.89. The second-order valence-electron chi connectivity index (χ2n) is 12.5. The fourth-order valence-electron chi connectivity index (χ4n) is 4.88. The molecule has 1 aromatic heterocycles. The Morgan fingerprint density at radius 1 is 1.07 bits per heavy atom. The van der Waals surface area contributed by atoms with Gasteiger partial charge in [0.25, 0.3) is 5.91 Å². The maximum absolute atomic E-state index is 15.9. The minimum absolute atomic E-state index is 0.0405. The smallest absolute Gasteiger partial charge is 0.417 e. The molecule has 0 bridgehead atoms. The van der Waals surface area contributed by atoms with Crippen molar-refractivity contribution >= 4 is 21.9 Å². The minimum Gasteiger partial charge on any atom is -0.481 e. The zero-order valence-electron chi connectivity index (χ0n) is 24.4. The first-order chi connectivity index (χ1) is 19.2. The van der Waals surface area contributed by atoms with Crippen LogP contribution in [0.2, 0.25) is 0 Å². The molecular formula is C28H38F4N4O5S. The topological polar surface area (TPSA) is 130 Å². The Balaban J connectivity index is 2.09. The van der Waals surface area contributed by atoms with Crippen molar-refractivity contribution in [1.82, 2.24) is 19.8 Å². The number of nitrogens with one attached hydrogen (secondary N) is 2. The number of nitrogens with zero attached hydrogens (tertiary/aromatic N) is 2. The number of carbonyl (C=O) groups excluding carboxylic acids is 1. The number of carboxylic acids is 1. The SMILES string of the molecule is CC(C)(C)NS(=O)(=O)c1ccc(-c2c(F)c(C(=O)NCCC(C)(C)C(=O)O)nn2CC2CCCCC2)cc1C(F)(F)F. The Morgan fingerprint density at radius 3 is 2.24 bits per heavy atom. The maximum Gasteiger partial charge on any atom is 0.417 e. The number of alkyl halides is 3. The maximum atomic E-state index is 15.9. The van der Waals surface area contributed by atoms with Crippen LogP contribution in [0.4, 0.5) is 17.6 Å². The molecule has 0 atom stereocenters. The summed E-state index contributed by atoms with van der Waals surface area (Å²) in [5.74, 6) is -3.12. The molecule has 1 amide bonds. The van der Waals surface area contributed by atoms with Gasteiger partial charge >= 0.3 is 12.1 Å². The van der Waals surface area contributed by atoms with E-state index in [2.05, 4.69) is 15.1 Å². The summed E-state index contributed by atoms with van der Waals surface area (Å²) in [5, 5.41) is 15.9. The Bertz CT molecular complexity index is 1420. The van der Waals surface area contributed by atoms with Crippen molar-refractivity contribution in [2.45, 2.75) is 96.3 Å². The lowest BCUT2D eigenvalue weighted by atomic mass is 9.89. The predicted molar refractivity (Wildman–Crippen MR) is 148 cm³/mol. The normalized spacial score (nSPS) is 15.5. The van der Waals surface area contributed by atoms with Gasteiger partial charge in [-0.3, -0.25) is 14.3 Å². The van der Waals surface area contributed by atoms with Gasteiger partial charge in [0.05, 0.1) is 15.9 Å². The molecule has 9 nitrogen and oxygen atoms in total. The van der Waals surface area contributed by atoms with E-state index in [0.717, 1.165) is 44.2 Å². The summed E-state index contributed by atoms with van der Waals surface area (Å²) in [4.78, 5) is 23.3. The summed E-state index contributed by atoms with van der Waals surface area (Å²) < 4.78 is 87.6. The summed E-state index contributed by atoms with van der Waals surface area (Å²) >= 11 is 0. The minimum atomic E-state index is -5.10. The molecule has 0 aliphatic heterocycles. The van der Waals surface area contributed by atoms with Crippen molar-refractivity contribution in [2.75, 3.05) is 6.54 Å². The van der Waals surface area contributed by atoms with Gasteiger partial charge < -0.3 is 10.4 Å². The fraction of sp³-hybridized carbons (Fsp3) is 0.607. The van der Waals surface area contributed by atoms with Gasteiger partial charge in [-0.25, -0.2) is 17.5 Å². The first-order valence-electron chi connectivity index (χ1n) is 13.8. The van der Waals surface area contributed by atoms with Crippen LogP contribution in [0.25, 0.3) is 11.3 Å². The highest BCUT2D eigenvalue weighted by Gasteiger charge is 2.39. The number of sulfonamides is 1. The molecule has 234 valence electrons. The lowest BCUT2D eigenvalue weighted by Gasteiger charge is -2.23. The molecule has 3 rings (SSSR count). The molecule has 1 heterocycles.